The van der Waals surface area contributed by atoms with Crippen molar-refractivity contribution in [3.8, 4) is 50.6 Å². The number of aliphatic hydroxyl groups is 4. The third kappa shape index (κ3) is 20.9. The van der Waals surface area contributed by atoms with Crippen molar-refractivity contribution in [2.45, 2.75) is 261 Å². The SMILES string of the molecule is C.CCN1CCC[C@@H]1CNCc1cc(-c2cccc(CN3O[C@@H](CN)[C@@H]([C@H](C)O)[C@H]3C(=O)N[C@H]3C[C@H]4C[C@@H]([C@@H]3C)C4(C)C)c2OC)cc(N(C)C)c1.CNCc1cc(-c2cccc(CN3O[C@@H](CN)[C@@H]([C@H](C)O)[C@H]3C(=O)N[C@H]3C[C@H]4C[C@@H]([C@@H]3C)C4(C)C)c2OC)cc(N(C)C)c1.COc1c(CN2O[C@@H](CO)[C@H]([C@H](C)O)[C@H]2C(=O)C[C@H]2C[C@H]3C[C@@H]([C@@H]2C)C3(C)C)cccc1-c1cccc2ccn(C)c12. The van der Waals surface area contributed by atoms with E-state index in [1.54, 1.807) is 57.3 Å². The Bertz CT molecular complexity index is 5330. The van der Waals surface area contributed by atoms with Gasteiger partial charge in [0.2, 0.25) is 11.8 Å². The van der Waals surface area contributed by atoms with Crippen LogP contribution >= 0.6 is 0 Å². The van der Waals surface area contributed by atoms with E-state index in [0.717, 1.165) is 135 Å². The number of ketones is 1. The fraction of sp³-hybridized carbons (Fsp3) is 0.634. The van der Waals surface area contributed by atoms with Crippen molar-refractivity contribution in [3.05, 3.63) is 149 Å². The van der Waals surface area contributed by atoms with Crippen LogP contribution in [0.15, 0.2) is 121 Å². The number of ether oxygens (including phenoxy) is 3. The number of hydrogen-bond acceptors (Lipinski definition) is 23. The minimum absolute atomic E-state index is 0. The van der Waals surface area contributed by atoms with Gasteiger partial charge in [0.25, 0.3) is 0 Å². The van der Waals surface area contributed by atoms with E-state index in [1.807, 2.05) is 64.6 Å². The molecule has 6 aromatic carbocycles. The number of nitrogens with two attached hydrogens (primary N) is 2. The first kappa shape index (κ1) is 106. The van der Waals surface area contributed by atoms with Crippen molar-refractivity contribution < 1.29 is 63.5 Å². The van der Waals surface area contributed by atoms with E-state index in [2.05, 4.69) is 209 Å². The monoisotopic (exact) mass is 1900 g/mol. The number of carbonyl (C=O) groups is 3. The van der Waals surface area contributed by atoms with Gasteiger partial charge < -0.3 is 81.7 Å². The summed E-state index contributed by atoms with van der Waals surface area (Å²) in [5.74, 6) is 6.06. The maximum atomic E-state index is 14.3. The zero-order valence-corrected chi connectivity index (χ0v) is 85.9. The first-order chi connectivity index (χ1) is 65.3. The third-order valence-electron chi connectivity index (χ3n) is 35.3. The Balaban J connectivity index is 0.000000165. The van der Waals surface area contributed by atoms with E-state index in [1.165, 1.54) is 49.8 Å². The van der Waals surface area contributed by atoms with Crippen LogP contribution in [0, 0.1) is 93.2 Å². The molecule has 758 valence electrons. The van der Waals surface area contributed by atoms with Crippen molar-refractivity contribution in [3.63, 3.8) is 0 Å². The van der Waals surface area contributed by atoms with Crippen LogP contribution in [-0.2, 0) is 68.7 Å². The molecule has 25 atom stereocenters. The normalized spacial score (nSPS) is 30.5. The van der Waals surface area contributed by atoms with Crippen LogP contribution < -0.4 is 56.7 Å². The highest BCUT2D eigenvalue weighted by molar-refractivity contribution is 5.96. The van der Waals surface area contributed by atoms with E-state index in [-0.39, 0.29) is 56.8 Å². The molecule has 7 aromatic rings. The molecule has 26 heteroatoms. The number of para-hydroxylation sites is 4. The van der Waals surface area contributed by atoms with E-state index in [9.17, 15) is 34.8 Å². The van der Waals surface area contributed by atoms with Gasteiger partial charge in [-0.1, -0.05) is 149 Å². The summed E-state index contributed by atoms with van der Waals surface area (Å²) in [6, 6.07) is 38.7. The molecule has 4 saturated heterocycles. The Kier molecular flexibility index (Phi) is 33.7. The Labute approximate surface area is 822 Å². The molecule has 9 aliphatic carbocycles. The molecule has 5 heterocycles. The number of nitrogens with zero attached hydrogens (tertiary/aromatic N) is 7. The largest absolute Gasteiger partial charge is 0.496 e. The van der Waals surface area contributed by atoms with Gasteiger partial charge >= 0.3 is 0 Å². The second kappa shape index (κ2) is 44.0. The van der Waals surface area contributed by atoms with Crippen LogP contribution in [-0.4, -0.2) is 231 Å². The van der Waals surface area contributed by atoms with Crippen LogP contribution in [0.4, 0.5) is 11.4 Å². The number of nitrogens with one attached hydrogen (secondary N) is 4. The van der Waals surface area contributed by atoms with Gasteiger partial charge in [-0.25, -0.2) is 0 Å². The number of Topliss-reactive ketones (excluding diaryl/α,β-unsaturated/α-hetero) is 1. The molecule has 20 rings (SSSR count). The second-order valence-corrected chi connectivity index (χ2v) is 44.4. The number of likely N-dealkylation sites (N-methyl/N-ethyl adjacent to an activating group) is 1. The number of methoxy groups -OCH3 is 3. The quantitative estimate of drug-likeness (QED) is 0.0179. The van der Waals surface area contributed by atoms with Crippen LogP contribution in [0.3, 0.4) is 0 Å². The number of fused-ring (bicyclic) bond motifs is 7. The molecule has 0 radical (unpaired) electrons. The molecule has 9 saturated carbocycles. The van der Waals surface area contributed by atoms with Crippen LogP contribution in [0.5, 0.6) is 17.2 Å². The number of benzene rings is 6. The van der Waals surface area contributed by atoms with Gasteiger partial charge in [-0.2, -0.15) is 15.2 Å². The molecule has 4 aliphatic heterocycles. The summed E-state index contributed by atoms with van der Waals surface area (Å²) in [7, 11) is 17.3. The minimum atomic E-state index is -0.805. The lowest BCUT2D eigenvalue weighted by molar-refractivity contribution is -0.183. The number of carbonyl (C=O) groups excluding carboxylic acids is 3. The first-order valence-electron chi connectivity index (χ1n) is 51.1. The van der Waals surface area contributed by atoms with Gasteiger partial charge in [-0.3, -0.25) is 33.8 Å². The lowest BCUT2D eigenvalue weighted by Gasteiger charge is -2.62. The molecule has 26 nitrogen and oxygen atoms in total. The molecule has 0 spiro atoms. The molecule has 2 amide bonds. The standard InChI is InChI=1S/C41H64N6O4.C35H53N5O4.C35H46N2O5.CH4/c1-9-46-15-11-13-31(46)23-43-22-27-16-29(18-32(17-27)45(6)7)33-14-10-12-28(39(33)50-8)24-47-38(37(26(3)48)36(21-42)51-47)40(49)44-35-20-30-19-34(25(35)2)41(30,4)5;1-20-28-15-25(35(28,3)4)16-29(20)38-34(42)32-31(21(2)41)30(17-36)44-40(32)19-23-10-9-11-27(33(23)43-8)24-12-22(18-37-5)13-26(14-24)39(6)7;1-20-24(15-25-17-28(20)35(25,3)4)16-29(40)33-31(21(2)39)30(19-38)42-37(33)18-23-10-8-12-27(34(23)41-6)26-11-7-9-22-13-14-36(5)32(22)26;/h10,12,14,16-18,25-26,30-31,34-38,43,48H,9,11,13,15,19-24,42H2,1-8H3,(H,44,49);9-14,20-21,25,28-32,37,41H,15-19,36H2,1-8H3,(H,38,42);7-14,20-21,24-25,28,30-31,33,38-39H,15-19H2,1-6H3;1H4/t25-,26-,30+,31+,34-,35-,36-,37+,38-;20-,21-,25+,28-,29-,30-,31+,32-;20-,21+,24-,25+,28+,30+,31+,33-;/m001./s1. The average Bonchev–Trinajstić information content (AvgIpc) is 0.781. The average molecular weight is 1900 g/mol. The van der Waals surface area contributed by atoms with E-state index in [0.29, 0.717) is 108 Å². The third-order valence-corrected chi connectivity index (χ3v) is 35.3. The Hall–Kier alpha value is -8.13. The van der Waals surface area contributed by atoms with E-state index >= 15 is 0 Å². The summed E-state index contributed by atoms with van der Waals surface area (Å²) in [6.07, 6.45) is 7.91. The number of aliphatic hydroxyl groups excluding tert-OH is 4. The second-order valence-electron chi connectivity index (χ2n) is 44.4. The molecule has 12 N–H and O–H groups in total. The minimum Gasteiger partial charge on any atom is -0.496 e. The molecule has 13 aliphatic rings. The van der Waals surface area contributed by atoms with Crippen molar-refractivity contribution in [1.29, 1.82) is 0 Å². The molecule has 138 heavy (non-hydrogen) atoms. The topological polar surface area (TPSA) is 312 Å². The number of amides is 2. The number of rotatable bonds is 34. The zero-order chi connectivity index (χ0) is 98.5. The van der Waals surface area contributed by atoms with Crippen LogP contribution in [0.2, 0.25) is 0 Å². The molecular weight excluding hydrogens is 1740 g/mol. The van der Waals surface area contributed by atoms with Crippen molar-refractivity contribution in [1.82, 2.24) is 45.9 Å². The number of aryl methyl sites for hydroxylation is 1. The summed E-state index contributed by atoms with van der Waals surface area (Å²) >= 11 is 0. The first-order valence-corrected chi connectivity index (χ1v) is 51.1. The molecule has 1 aromatic heterocycles. The maximum absolute atomic E-state index is 14.3. The van der Waals surface area contributed by atoms with Gasteiger partial charge in [0.1, 0.15) is 41.5 Å². The predicted octanol–water partition coefficient (Wildman–Crippen LogP) is 14.6. The molecule has 6 bridgehead atoms. The highest BCUT2D eigenvalue weighted by Crippen LogP contribution is 2.65. The summed E-state index contributed by atoms with van der Waals surface area (Å²) in [6.45, 7) is 34.4. The van der Waals surface area contributed by atoms with E-state index in [4.69, 9.17) is 40.2 Å². The molecule has 13 fully saturated rings. The van der Waals surface area contributed by atoms with Gasteiger partial charge in [0, 0.05) is 172 Å². The number of aromatic nitrogens is 1. The number of likely N-dealkylation sites (tertiary alicyclic amines) is 1. The summed E-state index contributed by atoms with van der Waals surface area (Å²) in [5.41, 5.74) is 27.9. The fourth-order valence-electron chi connectivity index (χ4n) is 27.0. The van der Waals surface area contributed by atoms with Crippen LogP contribution in [0.1, 0.15) is 183 Å². The Morgan fingerprint density at radius 2 is 0.964 bits per heavy atom. The molecule has 0 unspecified atom stereocenters. The fourth-order valence-corrected chi connectivity index (χ4v) is 27.0. The molecular formula is C112H167N13O13. The highest BCUT2D eigenvalue weighted by Gasteiger charge is 2.61. The van der Waals surface area contributed by atoms with Crippen molar-refractivity contribution in [2.75, 3.05) is 106 Å². The van der Waals surface area contributed by atoms with Crippen molar-refractivity contribution in [2.24, 2.45) is 112 Å². The number of hydroxylamine groups is 6. The predicted molar refractivity (Wildman–Crippen MR) is 550 cm³/mol. The summed E-state index contributed by atoms with van der Waals surface area (Å²) in [5, 5.41) is 63.1. The van der Waals surface area contributed by atoms with Crippen molar-refractivity contribution >= 4 is 39.9 Å². The number of hydrogen-bond donors (Lipinski definition) is 10. The summed E-state index contributed by atoms with van der Waals surface area (Å²) < 4.78 is 20.4. The van der Waals surface area contributed by atoms with Gasteiger partial charge in [-0.05, 0) is 232 Å². The number of anilines is 2. The lowest BCUT2D eigenvalue weighted by Crippen LogP contribution is -2.62. The smallest absolute Gasteiger partial charge is 0.240 e. The van der Waals surface area contributed by atoms with Gasteiger partial charge in [0.15, 0.2) is 5.78 Å². The van der Waals surface area contributed by atoms with Crippen LogP contribution in [0.25, 0.3) is 44.3 Å². The lowest BCUT2D eigenvalue weighted by atomic mass is 9.43. The van der Waals surface area contributed by atoms with Gasteiger partial charge in [0.05, 0.1) is 83.6 Å². The zero-order valence-electron chi connectivity index (χ0n) is 85.9. The Morgan fingerprint density at radius 3 is 1.38 bits per heavy atom. The Morgan fingerprint density at radius 1 is 0.543 bits per heavy atom. The maximum Gasteiger partial charge on any atom is 0.240 e. The highest BCUT2D eigenvalue weighted by atomic mass is 16.7. The summed E-state index contributed by atoms with van der Waals surface area (Å²) in [4.78, 5) is 68.5. The van der Waals surface area contributed by atoms with Gasteiger partial charge in [-0.15, -0.1) is 0 Å². The van der Waals surface area contributed by atoms with E-state index < -0.39 is 72.5 Å².